The minimum Gasteiger partial charge on any atom is -0.449 e. The first-order valence-corrected chi connectivity index (χ1v) is 15.0. The Morgan fingerprint density at radius 3 is 2.14 bits per heavy atom. The van der Waals surface area contributed by atoms with E-state index >= 15 is 0 Å². The molecular formula is C27H43N3O6S. The first kappa shape index (κ1) is 30.2. The molecule has 0 aliphatic rings. The number of hydrogen-bond acceptors (Lipinski definition) is 7. The van der Waals surface area contributed by atoms with Gasteiger partial charge in [-0.1, -0.05) is 19.1 Å². The van der Waals surface area contributed by atoms with Crippen molar-refractivity contribution in [3.63, 3.8) is 0 Å². The molecule has 1 aromatic heterocycles. The molecule has 0 unspecified atom stereocenters. The Hall–Kier alpha value is -3.01. The van der Waals surface area contributed by atoms with Crippen molar-refractivity contribution in [2.45, 2.75) is 66.2 Å². The molecule has 208 valence electrons. The number of ether oxygens (including phenoxy) is 3. The number of pyridine rings is 1. The van der Waals surface area contributed by atoms with Gasteiger partial charge in [-0.15, -0.1) is 0 Å². The van der Waals surface area contributed by atoms with Crippen molar-refractivity contribution >= 4 is 44.9 Å². The molecule has 0 radical (unpaired) electrons. The molecule has 37 heavy (non-hydrogen) atoms. The summed E-state index contributed by atoms with van der Waals surface area (Å²) in [6.07, 6.45) is 3.70. The molecule has 0 bridgehead atoms. The molecule has 0 fully saturated rings. The van der Waals surface area contributed by atoms with Gasteiger partial charge in [0.1, 0.15) is 17.8 Å². The Morgan fingerprint density at radius 1 is 1.00 bits per heavy atom. The van der Waals surface area contributed by atoms with Crippen LogP contribution in [0.5, 0.6) is 0 Å². The van der Waals surface area contributed by atoms with E-state index in [1.165, 1.54) is 6.20 Å². The third-order valence-electron chi connectivity index (χ3n) is 5.26. The van der Waals surface area contributed by atoms with E-state index in [0.717, 1.165) is 27.4 Å². The predicted molar refractivity (Wildman–Crippen MR) is 152 cm³/mol. The van der Waals surface area contributed by atoms with E-state index in [0.29, 0.717) is 12.0 Å². The van der Waals surface area contributed by atoms with Crippen LogP contribution in [0.4, 0.5) is 20.2 Å². The van der Waals surface area contributed by atoms with E-state index in [1.807, 2.05) is 6.07 Å². The SMILES string of the molecule is CCS(C)(C)CCOC(=O)NCc1ccc2c(N(C(=O)OC(C)(C)C)C(=O)OC(C)(C)C)nccc2c1.[HH]. The number of benzene rings is 1. The molecule has 0 spiro atoms. The lowest BCUT2D eigenvalue weighted by Crippen LogP contribution is -2.44. The van der Waals surface area contributed by atoms with Gasteiger partial charge in [0.2, 0.25) is 0 Å². The summed E-state index contributed by atoms with van der Waals surface area (Å²) < 4.78 is 16.3. The fourth-order valence-corrected chi connectivity index (χ4v) is 3.91. The van der Waals surface area contributed by atoms with Crippen LogP contribution in [0.3, 0.4) is 0 Å². The van der Waals surface area contributed by atoms with Gasteiger partial charge >= 0.3 is 18.3 Å². The molecule has 3 amide bonds. The number of alkyl carbamates (subject to hydrolysis) is 1. The highest BCUT2D eigenvalue weighted by Gasteiger charge is 2.34. The number of amides is 3. The zero-order valence-electron chi connectivity index (χ0n) is 23.5. The van der Waals surface area contributed by atoms with Crippen LogP contribution >= 0.6 is 10.0 Å². The van der Waals surface area contributed by atoms with Crippen LogP contribution < -0.4 is 10.2 Å². The van der Waals surface area contributed by atoms with Gasteiger partial charge in [0.25, 0.3) is 0 Å². The number of hydrogen-bond donors (Lipinski definition) is 1. The molecule has 0 saturated carbocycles. The number of rotatable bonds is 7. The minimum absolute atomic E-state index is 0. The quantitative estimate of drug-likeness (QED) is 0.403. The van der Waals surface area contributed by atoms with E-state index < -0.39 is 39.5 Å². The number of carbonyl (C=O) groups excluding carboxylic acids is 3. The fourth-order valence-electron chi connectivity index (χ4n) is 3.09. The zero-order chi connectivity index (χ0) is 28.0. The Morgan fingerprint density at radius 2 is 1.59 bits per heavy atom. The zero-order valence-corrected chi connectivity index (χ0v) is 24.3. The topological polar surface area (TPSA) is 107 Å². The number of anilines is 1. The molecule has 1 aromatic carbocycles. The highest BCUT2D eigenvalue weighted by Crippen LogP contribution is 2.38. The van der Waals surface area contributed by atoms with E-state index in [1.54, 1.807) is 59.7 Å². The highest BCUT2D eigenvalue weighted by molar-refractivity contribution is 8.32. The summed E-state index contributed by atoms with van der Waals surface area (Å²) in [6, 6.07) is 7.15. The largest absolute Gasteiger partial charge is 0.449 e. The normalized spacial score (nSPS) is 12.6. The number of aromatic nitrogens is 1. The first-order valence-electron chi connectivity index (χ1n) is 12.2. The Kier molecular flexibility index (Phi) is 9.82. The molecule has 10 heteroatoms. The van der Waals surface area contributed by atoms with E-state index in [9.17, 15) is 14.4 Å². The smallest absolute Gasteiger partial charge is 0.425 e. The molecule has 1 heterocycles. The van der Waals surface area contributed by atoms with Crippen LogP contribution in [0.1, 0.15) is 55.5 Å². The van der Waals surface area contributed by atoms with Gasteiger partial charge < -0.3 is 19.5 Å². The maximum atomic E-state index is 13.0. The number of fused-ring (bicyclic) bond motifs is 1. The standard InChI is InChI=1S/C27H41N3O6S.H2/c1-10-37(8,9)16-15-34-23(31)29-18-19-11-12-21-20(17-19)13-14-28-22(21)30(24(32)35-26(2,3)4)25(33)36-27(5,6)7;/h11-14,17H,10,15-16,18H2,1-9H3,(H,29,31);1H. The second-order valence-corrected chi connectivity index (χ2v) is 15.8. The summed E-state index contributed by atoms with van der Waals surface area (Å²) in [5.41, 5.74) is -0.839. The predicted octanol–water partition coefficient (Wildman–Crippen LogP) is 6.47. The molecule has 0 saturated heterocycles. The molecule has 0 aliphatic heterocycles. The Labute approximate surface area is 223 Å². The maximum absolute atomic E-state index is 13.0. The summed E-state index contributed by atoms with van der Waals surface area (Å²) in [7, 11) is -0.731. The molecule has 0 atom stereocenters. The maximum Gasteiger partial charge on any atom is 0.425 e. The third kappa shape index (κ3) is 9.76. The second-order valence-electron chi connectivity index (χ2n) is 11.2. The Balaban J connectivity index is 0.00000722. The van der Waals surface area contributed by atoms with E-state index in [2.05, 4.69) is 29.7 Å². The van der Waals surface area contributed by atoms with Crippen LogP contribution in [0.2, 0.25) is 0 Å². The third-order valence-corrected chi connectivity index (χ3v) is 8.09. The minimum atomic E-state index is -0.886. The van der Waals surface area contributed by atoms with Crippen LogP contribution in [-0.2, 0) is 20.8 Å². The van der Waals surface area contributed by atoms with Crippen molar-refractivity contribution in [3.05, 3.63) is 36.0 Å². The van der Waals surface area contributed by atoms with E-state index in [-0.39, 0.29) is 13.8 Å². The number of nitrogens with zero attached hydrogens (tertiary/aromatic N) is 2. The summed E-state index contributed by atoms with van der Waals surface area (Å²) in [6.45, 7) is 13.1. The van der Waals surface area contributed by atoms with Gasteiger partial charge in [0.05, 0.1) is 0 Å². The lowest BCUT2D eigenvalue weighted by molar-refractivity contribution is 0.0429. The average Bonchev–Trinajstić information content (AvgIpc) is 2.75. The van der Waals surface area contributed by atoms with Crippen molar-refractivity contribution < 1.29 is 30.0 Å². The molecule has 1 N–H and O–H groups in total. The fraction of sp³-hybridized carbons (Fsp3) is 0.556. The number of carbonyl (C=O) groups is 3. The second kappa shape index (κ2) is 12.0. The van der Waals surface area contributed by atoms with Gasteiger partial charge in [0.15, 0.2) is 5.82 Å². The van der Waals surface area contributed by atoms with Gasteiger partial charge in [-0.2, -0.15) is 4.90 Å². The molecule has 0 aliphatic carbocycles. The number of nitrogens with one attached hydrogen (secondary N) is 1. The summed E-state index contributed by atoms with van der Waals surface area (Å²) in [4.78, 5) is 43.3. The van der Waals surface area contributed by atoms with Gasteiger partial charge in [0, 0.05) is 25.3 Å². The van der Waals surface area contributed by atoms with Gasteiger partial charge in [-0.3, -0.25) is 0 Å². The molecule has 2 aromatic rings. The van der Waals surface area contributed by atoms with E-state index in [4.69, 9.17) is 14.2 Å². The van der Waals surface area contributed by atoms with Crippen LogP contribution in [0.25, 0.3) is 10.8 Å². The van der Waals surface area contributed by atoms with Crippen LogP contribution in [-0.4, -0.2) is 65.1 Å². The first-order chi connectivity index (χ1) is 17.0. The molecule has 2 rings (SSSR count). The molecule has 9 nitrogen and oxygen atoms in total. The average molecular weight is 538 g/mol. The van der Waals surface area contributed by atoms with Crippen molar-refractivity contribution in [1.29, 1.82) is 0 Å². The van der Waals surface area contributed by atoms with Gasteiger partial charge in [-0.05, 0) is 82.9 Å². The van der Waals surface area contributed by atoms with Crippen molar-refractivity contribution in [1.82, 2.24) is 10.3 Å². The van der Waals surface area contributed by atoms with Crippen LogP contribution in [0, 0.1) is 0 Å². The highest BCUT2D eigenvalue weighted by atomic mass is 32.3. The lowest BCUT2D eigenvalue weighted by Gasteiger charge is -2.28. The lowest BCUT2D eigenvalue weighted by atomic mass is 10.1. The van der Waals surface area contributed by atoms with Crippen LogP contribution in [0.15, 0.2) is 30.5 Å². The van der Waals surface area contributed by atoms with Crippen molar-refractivity contribution in [2.24, 2.45) is 0 Å². The summed E-state index contributed by atoms with van der Waals surface area (Å²) in [5, 5.41) is 4.04. The summed E-state index contributed by atoms with van der Waals surface area (Å²) >= 11 is 0. The van der Waals surface area contributed by atoms with Crippen molar-refractivity contribution in [3.8, 4) is 0 Å². The monoisotopic (exact) mass is 537 g/mol. The molecular weight excluding hydrogens is 494 g/mol. The van der Waals surface area contributed by atoms with Crippen molar-refractivity contribution in [2.75, 3.05) is 35.5 Å². The summed E-state index contributed by atoms with van der Waals surface area (Å²) in [5.74, 6) is 2.06. The van der Waals surface area contributed by atoms with Gasteiger partial charge in [-0.25, -0.2) is 29.4 Å². The Bertz CT molecular complexity index is 1100. The number of imide groups is 1.